The van der Waals surface area contributed by atoms with Crippen LogP contribution >= 0.6 is 11.3 Å². The zero-order valence-corrected chi connectivity index (χ0v) is 14.7. The van der Waals surface area contributed by atoms with Crippen molar-refractivity contribution in [1.29, 1.82) is 0 Å². The average molecular weight is 341 g/mol. The van der Waals surface area contributed by atoms with Crippen molar-refractivity contribution in [3.63, 3.8) is 0 Å². The van der Waals surface area contributed by atoms with Crippen LogP contribution in [0.3, 0.4) is 0 Å². The molecule has 2 aromatic heterocycles. The van der Waals surface area contributed by atoms with Gasteiger partial charge in [-0.15, -0.1) is 21.6 Å². The summed E-state index contributed by atoms with van der Waals surface area (Å²) in [5.41, 5.74) is 2.03. The normalized spacial score (nSPS) is 11.2. The second kappa shape index (κ2) is 7.83. The van der Waals surface area contributed by atoms with E-state index in [2.05, 4.69) is 67.0 Å². The third-order valence-electron chi connectivity index (χ3n) is 3.72. The van der Waals surface area contributed by atoms with Crippen molar-refractivity contribution in [2.45, 2.75) is 13.5 Å². The van der Waals surface area contributed by atoms with Crippen molar-refractivity contribution in [2.75, 3.05) is 18.0 Å². The highest BCUT2D eigenvalue weighted by Gasteiger charge is 2.07. The molecule has 0 fully saturated rings. The number of hydrogen-bond acceptors (Lipinski definition) is 5. The van der Waals surface area contributed by atoms with Gasteiger partial charge in [-0.05, 0) is 31.2 Å². The number of likely N-dealkylation sites (N-methyl/N-ethyl adjacent to an activating group) is 1. The Morgan fingerprint density at radius 1 is 1.25 bits per heavy atom. The number of benzene rings is 1. The summed E-state index contributed by atoms with van der Waals surface area (Å²) in [6, 6.07) is 8.17. The Morgan fingerprint density at radius 2 is 2.08 bits per heavy atom. The number of aromatic nitrogens is 3. The van der Waals surface area contributed by atoms with Crippen molar-refractivity contribution < 1.29 is 4.57 Å². The minimum Gasteiger partial charge on any atom is -0.368 e. The summed E-state index contributed by atoms with van der Waals surface area (Å²) in [7, 11) is 2.03. The Bertz CT molecular complexity index is 776. The lowest BCUT2D eigenvalue weighted by Gasteiger charge is -2.22. The molecule has 0 atom stereocenters. The molecule has 0 aliphatic carbocycles. The molecule has 3 aromatic rings. The zero-order valence-electron chi connectivity index (χ0n) is 13.9. The molecule has 0 saturated heterocycles. The predicted molar refractivity (Wildman–Crippen MR) is 96.2 cm³/mol. The lowest BCUT2D eigenvalue weighted by Crippen LogP contribution is -2.28. The standard InChI is InChI=1S/C17H21N6S/c1-3-23(12-11-22-10-9-21(2)14-22)16-6-4-15(5-7-16)19-20-17-18-8-13-24-17/h4-10,13-14H,3,11-12H2,1-2H3/q+1/b20-19+. The maximum absolute atomic E-state index is 4.22. The third-order valence-corrected chi connectivity index (χ3v) is 4.37. The van der Waals surface area contributed by atoms with Crippen LogP contribution in [0.4, 0.5) is 16.5 Å². The molecule has 0 radical (unpaired) electrons. The van der Waals surface area contributed by atoms with Gasteiger partial charge in [0.2, 0.25) is 11.5 Å². The second-order valence-corrected chi connectivity index (χ2v) is 6.30. The van der Waals surface area contributed by atoms with Crippen LogP contribution in [-0.4, -0.2) is 22.6 Å². The molecule has 0 aliphatic heterocycles. The van der Waals surface area contributed by atoms with E-state index in [9.17, 15) is 0 Å². The van der Waals surface area contributed by atoms with Crippen molar-refractivity contribution >= 4 is 27.8 Å². The van der Waals surface area contributed by atoms with Crippen LogP contribution in [0.2, 0.25) is 0 Å². The number of nitrogens with zero attached hydrogens (tertiary/aromatic N) is 6. The van der Waals surface area contributed by atoms with Gasteiger partial charge in [0.15, 0.2) is 0 Å². The molecule has 6 nitrogen and oxygen atoms in total. The molecular formula is C17H21N6S+. The summed E-state index contributed by atoms with van der Waals surface area (Å²) in [6.45, 7) is 5.06. The molecule has 0 spiro atoms. The van der Waals surface area contributed by atoms with Crippen LogP contribution in [0.1, 0.15) is 6.92 Å². The van der Waals surface area contributed by atoms with Gasteiger partial charge in [0, 0.05) is 23.8 Å². The summed E-state index contributed by atoms with van der Waals surface area (Å²) >= 11 is 1.48. The van der Waals surface area contributed by atoms with Crippen LogP contribution in [0.15, 0.2) is 64.8 Å². The fraction of sp³-hybridized carbons (Fsp3) is 0.294. The molecule has 0 bridgehead atoms. The minimum absolute atomic E-state index is 0.675. The highest BCUT2D eigenvalue weighted by Crippen LogP contribution is 2.23. The first-order valence-corrected chi connectivity index (χ1v) is 8.80. The summed E-state index contributed by atoms with van der Waals surface area (Å²) in [6.07, 6.45) is 7.97. The molecular weight excluding hydrogens is 320 g/mol. The van der Waals surface area contributed by atoms with Crippen LogP contribution in [-0.2, 0) is 13.6 Å². The van der Waals surface area contributed by atoms with Gasteiger partial charge in [0.1, 0.15) is 18.9 Å². The van der Waals surface area contributed by atoms with Gasteiger partial charge in [0.25, 0.3) is 0 Å². The quantitative estimate of drug-likeness (QED) is 0.486. The summed E-state index contributed by atoms with van der Waals surface area (Å²) in [5.74, 6) is 0. The van der Waals surface area contributed by atoms with E-state index in [1.807, 2.05) is 24.6 Å². The lowest BCUT2D eigenvalue weighted by atomic mass is 10.2. The Kier molecular flexibility index (Phi) is 5.32. The second-order valence-electron chi connectivity index (χ2n) is 5.43. The Hall–Kier alpha value is -2.54. The summed E-state index contributed by atoms with van der Waals surface area (Å²) in [4.78, 5) is 6.44. The third kappa shape index (κ3) is 4.26. The van der Waals surface area contributed by atoms with Crippen molar-refractivity contribution in [1.82, 2.24) is 9.55 Å². The van der Waals surface area contributed by atoms with E-state index in [1.165, 1.54) is 17.0 Å². The molecule has 1 aromatic carbocycles. The Labute approximate surface area is 145 Å². The number of thiazole rings is 1. The van der Waals surface area contributed by atoms with Gasteiger partial charge in [0.05, 0.1) is 19.3 Å². The molecule has 0 aliphatic rings. The van der Waals surface area contributed by atoms with Crippen molar-refractivity contribution in [2.24, 2.45) is 17.3 Å². The van der Waals surface area contributed by atoms with E-state index in [0.29, 0.717) is 5.13 Å². The minimum atomic E-state index is 0.675. The smallest absolute Gasteiger partial charge is 0.243 e. The Balaban J connectivity index is 1.62. The monoisotopic (exact) mass is 341 g/mol. The van der Waals surface area contributed by atoms with Gasteiger partial charge in [-0.3, -0.25) is 0 Å². The van der Waals surface area contributed by atoms with Crippen LogP contribution in [0.25, 0.3) is 0 Å². The fourth-order valence-corrected chi connectivity index (χ4v) is 2.89. The molecule has 7 heteroatoms. The maximum Gasteiger partial charge on any atom is 0.243 e. The highest BCUT2D eigenvalue weighted by molar-refractivity contribution is 7.13. The number of imidazole rings is 1. The molecule has 24 heavy (non-hydrogen) atoms. The number of azo groups is 1. The van der Waals surface area contributed by atoms with Gasteiger partial charge in [-0.2, -0.15) is 0 Å². The largest absolute Gasteiger partial charge is 0.368 e. The maximum atomic E-state index is 4.22. The topological polar surface area (TPSA) is 49.7 Å². The number of rotatable bonds is 7. The van der Waals surface area contributed by atoms with Crippen LogP contribution in [0.5, 0.6) is 0 Å². The SMILES string of the molecule is CCN(CCn1cc[n+](C)c1)c1ccc(/N=N/c2nccs2)cc1. The van der Waals surface area contributed by atoms with Crippen LogP contribution < -0.4 is 9.47 Å². The number of hydrogen-bond donors (Lipinski definition) is 0. The van der Waals surface area contributed by atoms with Crippen molar-refractivity contribution in [3.8, 4) is 0 Å². The lowest BCUT2D eigenvalue weighted by molar-refractivity contribution is -0.671. The molecule has 2 heterocycles. The molecule has 0 amide bonds. The van der Waals surface area contributed by atoms with Gasteiger partial charge in [-0.25, -0.2) is 14.1 Å². The van der Waals surface area contributed by atoms with Crippen LogP contribution in [0, 0.1) is 0 Å². The molecule has 0 N–H and O–H groups in total. The van der Waals surface area contributed by atoms with Gasteiger partial charge in [-0.1, -0.05) is 0 Å². The van der Waals surface area contributed by atoms with Gasteiger partial charge >= 0.3 is 0 Å². The number of aryl methyl sites for hydroxylation is 1. The summed E-state index contributed by atoms with van der Waals surface area (Å²) < 4.78 is 4.25. The first-order chi connectivity index (χ1) is 11.7. The average Bonchev–Trinajstić information content (AvgIpc) is 3.26. The Morgan fingerprint density at radius 3 is 2.71 bits per heavy atom. The fourth-order valence-electron chi connectivity index (χ4n) is 2.44. The molecule has 0 unspecified atom stereocenters. The summed E-state index contributed by atoms with van der Waals surface area (Å²) in [5, 5.41) is 10.9. The molecule has 3 rings (SSSR count). The van der Waals surface area contributed by atoms with E-state index in [-0.39, 0.29) is 0 Å². The molecule has 0 saturated carbocycles. The van der Waals surface area contributed by atoms with E-state index in [1.54, 1.807) is 6.20 Å². The highest BCUT2D eigenvalue weighted by atomic mass is 32.1. The van der Waals surface area contributed by atoms with Crippen molar-refractivity contribution in [3.05, 3.63) is 54.6 Å². The van der Waals surface area contributed by atoms with E-state index >= 15 is 0 Å². The zero-order chi connectivity index (χ0) is 16.8. The van der Waals surface area contributed by atoms with E-state index < -0.39 is 0 Å². The predicted octanol–water partition coefficient (Wildman–Crippen LogP) is 3.71. The van der Waals surface area contributed by atoms with E-state index in [4.69, 9.17) is 0 Å². The first-order valence-electron chi connectivity index (χ1n) is 7.92. The van der Waals surface area contributed by atoms with Gasteiger partial charge < -0.3 is 4.90 Å². The molecule has 124 valence electrons. The first kappa shape index (κ1) is 16.3. The van der Waals surface area contributed by atoms with E-state index in [0.717, 1.165) is 25.3 Å². The number of anilines is 1.